The van der Waals surface area contributed by atoms with Crippen LogP contribution in [0.15, 0.2) is 12.1 Å². The molecule has 198 valence electrons. The number of β-amino-alcohol motifs (C(OH)–C–C–N with tert-alkyl or cyclic N) is 1. The number of likely N-dealkylation sites (N-methyl/N-ethyl adjacent to an activating group) is 1. The first-order valence-electron chi connectivity index (χ1n) is 13.1. The number of piperazine rings is 1. The van der Waals surface area contributed by atoms with Crippen LogP contribution in [0.2, 0.25) is 0 Å². The number of anilines is 2. The zero-order valence-corrected chi connectivity index (χ0v) is 21.9. The summed E-state index contributed by atoms with van der Waals surface area (Å²) in [5, 5.41) is 23.2. The molecule has 9 nitrogen and oxygen atoms in total. The monoisotopic (exact) mass is 509 g/mol. The zero-order valence-electron chi connectivity index (χ0n) is 21.9. The number of rotatable bonds is 6. The Morgan fingerprint density at radius 2 is 2.08 bits per heavy atom. The lowest BCUT2D eigenvalue weighted by Crippen LogP contribution is -2.61. The van der Waals surface area contributed by atoms with Crippen LogP contribution in [0.25, 0.3) is 0 Å². The molecule has 0 radical (unpaired) electrons. The normalized spacial score (nSPS) is 24.2. The summed E-state index contributed by atoms with van der Waals surface area (Å²) in [7, 11) is 2.11. The SMILES string of the molecule is Cc1ccc(F)c(C)c1N1CCc2c(nc(OC[C@@H]3CCCN3C)nc2N2CCN[C@](O)(CC#N)C2)C1. The fourth-order valence-electron chi connectivity index (χ4n) is 5.87. The van der Waals surface area contributed by atoms with Crippen molar-refractivity contribution < 1.29 is 14.2 Å². The maximum Gasteiger partial charge on any atom is 0.318 e. The van der Waals surface area contributed by atoms with E-state index in [1.54, 1.807) is 0 Å². The van der Waals surface area contributed by atoms with Gasteiger partial charge in [0.2, 0.25) is 0 Å². The summed E-state index contributed by atoms with van der Waals surface area (Å²) in [4.78, 5) is 16.2. The quantitative estimate of drug-likeness (QED) is 0.607. The van der Waals surface area contributed by atoms with Crippen LogP contribution in [0.1, 0.15) is 41.6 Å². The molecule has 5 rings (SSSR count). The van der Waals surface area contributed by atoms with Crippen molar-refractivity contribution in [2.24, 2.45) is 0 Å². The molecule has 2 N–H and O–H groups in total. The van der Waals surface area contributed by atoms with Gasteiger partial charge >= 0.3 is 6.01 Å². The van der Waals surface area contributed by atoms with Crippen LogP contribution >= 0.6 is 0 Å². The number of ether oxygens (including phenoxy) is 1. The molecule has 0 bridgehead atoms. The number of hydrogen-bond donors (Lipinski definition) is 2. The molecule has 0 unspecified atom stereocenters. The number of fused-ring (bicyclic) bond motifs is 1. The van der Waals surface area contributed by atoms with Gasteiger partial charge in [-0.1, -0.05) is 6.07 Å². The number of benzene rings is 1. The van der Waals surface area contributed by atoms with E-state index in [4.69, 9.17) is 14.7 Å². The Morgan fingerprint density at radius 1 is 1.24 bits per heavy atom. The number of likely N-dealkylation sites (tertiary alicyclic amines) is 1. The fraction of sp³-hybridized carbons (Fsp3) is 0.593. The first-order chi connectivity index (χ1) is 17.8. The van der Waals surface area contributed by atoms with Crippen molar-refractivity contribution in [3.8, 4) is 12.1 Å². The van der Waals surface area contributed by atoms with Gasteiger partial charge in [0.25, 0.3) is 0 Å². The topological polar surface area (TPSA) is 101 Å². The van der Waals surface area contributed by atoms with Crippen LogP contribution in [0.3, 0.4) is 0 Å². The largest absolute Gasteiger partial charge is 0.462 e. The molecule has 10 heteroatoms. The van der Waals surface area contributed by atoms with Crippen molar-refractivity contribution >= 4 is 11.5 Å². The molecule has 3 aliphatic heterocycles. The van der Waals surface area contributed by atoms with Crippen molar-refractivity contribution in [1.82, 2.24) is 20.2 Å². The van der Waals surface area contributed by atoms with Gasteiger partial charge in [0, 0.05) is 42.5 Å². The average molecular weight is 510 g/mol. The number of aromatic nitrogens is 2. The Bertz CT molecular complexity index is 1200. The van der Waals surface area contributed by atoms with Gasteiger partial charge in [-0.15, -0.1) is 0 Å². The lowest BCUT2D eigenvalue weighted by atomic mass is 10.00. The molecule has 2 fully saturated rings. The van der Waals surface area contributed by atoms with Gasteiger partial charge in [-0.05, 0) is 58.3 Å². The van der Waals surface area contributed by atoms with E-state index in [1.165, 1.54) is 6.07 Å². The van der Waals surface area contributed by atoms with Crippen molar-refractivity contribution in [3.63, 3.8) is 0 Å². The second-order valence-electron chi connectivity index (χ2n) is 10.6. The highest BCUT2D eigenvalue weighted by molar-refractivity contribution is 5.62. The van der Waals surface area contributed by atoms with Crippen LogP contribution in [-0.4, -0.2) is 78.1 Å². The number of halogens is 1. The Balaban J connectivity index is 1.48. The van der Waals surface area contributed by atoms with E-state index in [1.807, 2.05) is 24.8 Å². The minimum Gasteiger partial charge on any atom is -0.462 e. The average Bonchev–Trinajstić information content (AvgIpc) is 3.29. The maximum atomic E-state index is 14.5. The predicted molar refractivity (Wildman–Crippen MR) is 139 cm³/mol. The van der Waals surface area contributed by atoms with Gasteiger partial charge in [-0.2, -0.15) is 15.2 Å². The Kier molecular flexibility index (Phi) is 7.21. The summed E-state index contributed by atoms with van der Waals surface area (Å²) >= 11 is 0. The zero-order chi connectivity index (χ0) is 26.2. The number of aliphatic hydroxyl groups is 1. The van der Waals surface area contributed by atoms with Crippen molar-refractivity contribution in [2.45, 2.75) is 57.8 Å². The van der Waals surface area contributed by atoms with E-state index in [9.17, 15) is 14.8 Å². The molecule has 1 aromatic heterocycles. The molecule has 1 aromatic carbocycles. The molecule has 37 heavy (non-hydrogen) atoms. The summed E-state index contributed by atoms with van der Waals surface area (Å²) in [5.41, 5.74) is 3.16. The van der Waals surface area contributed by atoms with Crippen molar-refractivity contribution in [3.05, 3.63) is 40.3 Å². The number of aryl methyl sites for hydroxylation is 1. The van der Waals surface area contributed by atoms with Crippen LogP contribution in [-0.2, 0) is 13.0 Å². The molecule has 0 aliphatic carbocycles. The third kappa shape index (κ3) is 5.21. The molecule has 4 heterocycles. The van der Waals surface area contributed by atoms with Gasteiger partial charge in [0.1, 0.15) is 24.0 Å². The molecule has 3 aliphatic rings. The van der Waals surface area contributed by atoms with E-state index in [0.717, 1.165) is 47.7 Å². The summed E-state index contributed by atoms with van der Waals surface area (Å²) < 4.78 is 20.6. The van der Waals surface area contributed by atoms with E-state index in [0.29, 0.717) is 56.8 Å². The Morgan fingerprint density at radius 3 is 2.84 bits per heavy atom. The van der Waals surface area contributed by atoms with Crippen molar-refractivity contribution in [2.75, 3.05) is 56.2 Å². The lowest BCUT2D eigenvalue weighted by Gasteiger charge is -2.41. The molecular weight excluding hydrogens is 473 g/mol. The van der Waals surface area contributed by atoms with Crippen LogP contribution in [0.5, 0.6) is 6.01 Å². The van der Waals surface area contributed by atoms with Crippen LogP contribution in [0, 0.1) is 31.0 Å². The molecule has 0 spiro atoms. The van der Waals surface area contributed by atoms with Gasteiger partial charge in [0.15, 0.2) is 0 Å². The third-order valence-electron chi connectivity index (χ3n) is 7.94. The van der Waals surface area contributed by atoms with E-state index in [2.05, 4.69) is 28.2 Å². The number of nitrogens with zero attached hydrogens (tertiary/aromatic N) is 6. The van der Waals surface area contributed by atoms with E-state index >= 15 is 0 Å². The molecular formula is C27H36FN7O2. The number of nitriles is 1. The maximum absolute atomic E-state index is 14.5. The summed E-state index contributed by atoms with van der Waals surface area (Å²) in [6.07, 6.45) is 2.91. The standard InChI is InChI=1S/C27H36FN7O2/c1-18-6-7-22(28)19(2)24(18)34-13-8-21-23(15-34)31-26(37-16-20-5-4-12-33(20)3)32-25(21)35-14-11-30-27(36,17-35)9-10-29/h6-7,20,30,36H,4-5,8-9,11-17H2,1-3H3/t20-,27-/m0/s1. The van der Waals surface area contributed by atoms with Crippen LogP contribution in [0.4, 0.5) is 15.9 Å². The summed E-state index contributed by atoms with van der Waals surface area (Å²) in [6, 6.07) is 6.08. The molecule has 0 amide bonds. The lowest BCUT2D eigenvalue weighted by molar-refractivity contribution is 0.00692. The highest BCUT2D eigenvalue weighted by Gasteiger charge is 2.36. The first-order valence-corrected chi connectivity index (χ1v) is 13.1. The van der Waals surface area contributed by atoms with Crippen LogP contribution < -0.4 is 19.9 Å². The van der Waals surface area contributed by atoms with Gasteiger partial charge in [0.05, 0.1) is 31.3 Å². The second-order valence-corrected chi connectivity index (χ2v) is 10.6. The Labute approximate surface area is 217 Å². The summed E-state index contributed by atoms with van der Waals surface area (Å²) in [5.74, 6) is 0.544. The highest BCUT2D eigenvalue weighted by atomic mass is 19.1. The summed E-state index contributed by atoms with van der Waals surface area (Å²) in [6.45, 7) is 8.06. The minimum atomic E-state index is -1.30. The molecule has 2 aromatic rings. The second kappa shape index (κ2) is 10.4. The van der Waals surface area contributed by atoms with Gasteiger partial charge < -0.3 is 24.5 Å². The predicted octanol–water partition coefficient (Wildman–Crippen LogP) is 2.28. The van der Waals surface area contributed by atoms with E-state index in [-0.39, 0.29) is 18.8 Å². The fourth-order valence-corrected chi connectivity index (χ4v) is 5.87. The third-order valence-corrected chi connectivity index (χ3v) is 7.94. The Hall–Kier alpha value is -3.00. The minimum absolute atomic E-state index is 0.0138. The number of nitrogens with one attached hydrogen (secondary N) is 1. The van der Waals surface area contributed by atoms with Gasteiger partial charge in [-0.25, -0.2) is 4.39 Å². The molecule has 2 saturated heterocycles. The molecule has 2 atom stereocenters. The van der Waals surface area contributed by atoms with Crippen molar-refractivity contribution in [1.29, 1.82) is 5.26 Å². The molecule has 0 saturated carbocycles. The first kappa shape index (κ1) is 25.6. The number of hydrogen-bond acceptors (Lipinski definition) is 9. The van der Waals surface area contributed by atoms with E-state index < -0.39 is 5.72 Å². The smallest absolute Gasteiger partial charge is 0.318 e. The highest BCUT2D eigenvalue weighted by Crippen LogP contribution is 2.35. The van der Waals surface area contributed by atoms with Gasteiger partial charge in [-0.3, -0.25) is 5.32 Å².